The fourth-order valence-electron chi connectivity index (χ4n) is 6.01. The normalized spacial score (nSPS) is 19.8. The monoisotopic (exact) mass is 583 g/mol. The smallest absolute Gasteiger partial charge is 0.257 e. The first kappa shape index (κ1) is 30.0. The highest BCUT2D eigenvalue weighted by Gasteiger charge is 2.44. The maximum atomic E-state index is 14.3. The van der Waals surface area contributed by atoms with Crippen molar-refractivity contribution in [2.45, 2.75) is 83.2 Å². The molecule has 42 heavy (non-hydrogen) atoms. The van der Waals surface area contributed by atoms with Crippen molar-refractivity contribution in [3.63, 3.8) is 0 Å². The zero-order chi connectivity index (χ0) is 30.1. The third kappa shape index (κ3) is 5.88. The van der Waals surface area contributed by atoms with Crippen LogP contribution in [0.1, 0.15) is 73.6 Å². The van der Waals surface area contributed by atoms with Crippen molar-refractivity contribution in [3.05, 3.63) is 77.2 Å². The summed E-state index contributed by atoms with van der Waals surface area (Å²) < 4.78 is 6.96. The summed E-state index contributed by atoms with van der Waals surface area (Å²) in [7, 11) is -0.170. The van der Waals surface area contributed by atoms with E-state index in [-0.39, 0.29) is 23.1 Å². The van der Waals surface area contributed by atoms with Gasteiger partial charge in [0, 0.05) is 36.6 Å². The second-order valence-electron chi connectivity index (χ2n) is 13.1. The molecule has 1 amide bonds. The van der Waals surface area contributed by atoms with Crippen LogP contribution in [0.15, 0.2) is 54.9 Å². The van der Waals surface area contributed by atoms with E-state index in [2.05, 4.69) is 79.8 Å². The van der Waals surface area contributed by atoms with Crippen LogP contribution in [0.3, 0.4) is 0 Å². The summed E-state index contributed by atoms with van der Waals surface area (Å²) in [5, 5.41) is 16.6. The Bertz CT molecular complexity index is 1490. The summed E-state index contributed by atoms with van der Waals surface area (Å²) >= 11 is 0. The number of allylic oxidation sites excluding steroid dienone is 1. The Labute approximate surface area is 251 Å². The number of nitrogens with zero attached hydrogens (tertiary/aromatic N) is 2. The molecule has 2 atom stereocenters. The molecule has 3 N–H and O–H groups in total. The summed E-state index contributed by atoms with van der Waals surface area (Å²) in [4.78, 5) is 20.9. The van der Waals surface area contributed by atoms with E-state index in [1.807, 2.05) is 30.3 Å². The molecule has 5 rings (SSSR count). The number of aromatic nitrogens is 1. The average molecular weight is 584 g/mol. The maximum absolute atomic E-state index is 14.3. The van der Waals surface area contributed by atoms with E-state index in [9.17, 15) is 4.79 Å². The molecule has 0 spiro atoms. The van der Waals surface area contributed by atoms with Gasteiger partial charge in [-0.2, -0.15) is 0 Å². The largest absolute Gasteiger partial charge is 0.412 e. The lowest BCUT2D eigenvalue weighted by atomic mass is 9.89. The Kier molecular flexibility index (Phi) is 8.58. The molecule has 222 valence electrons. The highest BCUT2D eigenvalue weighted by atomic mass is 28.4. The van der Waals surface area contributed by atoms with E-state index in [1.165, 1.54) is 6.21 Å². The Hall–Kier alpha value is -3.49. The Morgan fingerprint density at radius 2 is 1.90 bits per heavy atom. The van der Waals surface area contributed by atoms with Gasteiger partial charge in [0.2, 0.25) is 0 Å². The number of hydrogen-bond acceptors (Lipinski definition) is 6. The third-order valence-electron chi connectivity index (χ3n) is 9.34. The number of amides is 1. The quantitative estimate of drug-likeness (QED) is 0.193. The number of rotatable bonds is 8. The predicted octanol–water partition coefficient (Wildman–Crippen LogP) is 7.19. The number of fused-ring (bicyclic) bond motifs is 3. The van der Waals surface area contributed by atoms with Crippen LogP contribution in [0.2, 0.25) is 18.1 Å². The van der Waals surface area contributed by atoms with Gasteiger partial charge < -0.3 is 25.4 Å². The summed E-state index contributed by atoms with van der Waals surface area (Å²) in [6, 6.07) is 14.5. The first-order valence-electron chi connectivity index (χ1n) is 15.1. The van der Waals surface area contributed by atoms with Gasteiger partial charge in [0.05, 0.1) is 35.8 Å². The standard InChI is InChI=1S/C34H45N5O2Si/c1-34(2,3)42(5,6)41-31-14-10-9-13-30(31)39-22-38-32-27-12-8-7-11-26(27)24(18-28(32)33(39)40)17-23-15-16-29(37-20-23)25(19-35)21-36-4/h7-8,11-12,15-16,18-21,30-31,35-36,38H,9-10,13-14,17,22H2,1-6H3/b25-21+,35-19?/t30-,31-/m0/s1. The molecule has 7 nitrogen and oxygen atoms in total. The van der Waals surface area contributed by atoms with Crippen LogP contribution in [0.25, 0.3) is 16.3 Å². The Morgan fingerprint density at radius 3 is 2.57 bits per heavy atom. The molecule has 2 heterocycles. The minimum absolute atomic E-state index is 0.0688. The molecule has 3 aromatic rings. The molecule has 0 radical (unpaired) electrons. The number of benzene rings is 2. The summed E-state index contributed by atoms with van der Waals surface area (Å²) in [5.41, 5.74) is 5.29. The fourth-order valence-corrected chi connectivity index (χ4v) is 7.39. The molecule has 8 heteroatoms. The lowest BCUT2D eigenvalue weighted by Gasteiger charge is -2.47. The number of hydrogen-bond donors (Lipinski definition) is 3. The number of carbonyl (C=O) groups is 1. The van der Waals surface area contributed by atoms with E-state index in [0.29, 0.717) is 13.1 Å². The molecular formula is C34H45N5O2Si. The van der Waals surface area contributed by atoms with Crippen LogP contribution in [-0.4, -0.2) is 56.2 Å². The molecule has 0 unspecified atom stereocenters. The highest BCUT2D eigenvalue weighted by molar-refractivity contribution is 6.74. The Balaban J connectivity index is 1.47. The lowest BCUT2D eigenvalue weighted by molar-refractivity contribution is 0.0243. The van der Waals surface area contributed by atoms with Crippen LogP contribution in [0.5, 0.6) is 0 Å². The van der Waals surface area contributed by atoms with Crippen LogP contribution >= 0.6 is 0 Å². The number of anilines is 1. The van der Waals surface area contributed by atoms with Crippen LogP contribution < -0.4 is 10.6 Å². The molecule has 2 aromatic carbocycles. The van der Waals surface area contributed by atoms with Gasteiger partial charge in [-0.25, -0.2) is 0 Å². The average Bonchev–Trinajstić information content (AvgIpc) is 2.97. The van der Waals surface area contributed by atoms with Crippen molar-refractivity contribution in [3.8, 4) is 0 Å². The molecule has 1 fully saturated rings. The van der Waals surface area contributed by atoms with Gasteiger partial charge in [-0.05, 0) is 66.0 Å². The van der Waals surface area contributed by atoms with Crippen molar-refractivity contribution >= 4 is 42.5 Å². The van der Waals surface area contributed by atoms with Crippen molar-refractivity contribution in [2.75, 3.05) is 19.0 Å². The zero-order valence-electron chi connectivity index (χ0n) is 25.9. The highest BCUT2D eigenvalue weighted by Crippen LogP contribution is 2.41. The molecule has 1 aliphatic heterocycles. The van der Waals surface area contributed by atoms with Gasteiger partial charge in [0.25, 0.3) is 5.91 Å². The molecule has 0 bridgehead atoms. The minimum Gasteiger partial charge on any atom is -0.412 e. The lowest BCUT2D eigenvalue weighted by Crippen LogP contribution is -2.56. The van der Waals surface area contributed by atoms with Gasteiger partial charge in [0.1, 0.15) is 0 Å². The molecular weight excluding hydrogens is 538 g/mol. The van der Waals surface area contributed by atoms with E-state index in [4.69, 9.17) is 9.84 Å². The molecule has 1 saturated carbocycles. The molecule has 2 aliphatic rings. The van der Waals surface area contributed by atoms with Crippen molar-refractivity contribution < 1.29 is 9.22 Å². The molecule has 1 aromatic heterocycles. The summed E-state index contributed by atoms with van der Waals surface area (Å²) in [6.07, 6.45) is 9.91. The number of carbonyl (C=O) groups excluding carboxylic acids is 1. The number of nitrogens with one attached hydrogen (secondary N) is 3. The van der Waals surface area contributed by atoms with Crippen LogP contribution in [0.4, 0.5) is 5.69 Å². The topological polar surface area (TPSA) is 90.3 Å². The first-order chi connectivity index (χ1) is 20.0. The molecule has 0 saturated heterocycles. The van der Waals surface area contributed by atoms with Crippen LogP contribution in [-0.2, 0) is 10.8 Å². The predicted molar refractivity (Wildman–Crippen MR) is 176 cm³/mol. The third-order valence-corrected chi connectivity index (χ3v) is 13.8. The second kappa shape index (κ2) is 12.0. The first-order valence-corrected chi connectivity index (χ1v) is 18.1. The van der Waals surface area contributed by atoms with Crippen LogP contribution in [0, 0.1) is 5.41 Å². The maximum Gasteiger partial charge on any atom is 0.257 e. The van der Waals surface area contributed by atoms with Crippen molar-refractivity contribution in [1.29, 1.82) is 5.41 Å². The van der Waals surface area contributed by atoms with Gasteiger partial charge >= 0.3 is 0 Å². The zero-order valence-corrected chi connectivity index (χ0v) is 26.9. The Morgan fingerprint density at radius 1 is 1.17 bits per heavy atom. The SMILES string of the molecule is CN/C=C(\C=N)c1ccc(Cc2cc3c(c4ccccc24)NCN([C@H]2CCCC[C@@H]2O[Si](C)(C)C(C)(C)C)C3=O)cn1. The summed E-state index contributed by atoms with van der Waals surface area (Å²) in [6.45, 7) is 12.0. The van der Waals surface area contributed by atoms with E-state index in [1.54, 1.807) is 6.20 Å². The molecule has 1 aliphatic carbocycles. The second-order valence-corrected chi connectivity index (χ2v) is 17.9. The van der Waals surface area contributed by atoms with Crippen molar-refractivity contribution in [2.24, 2.45) is 0 Å². The van der Waals surface area contributed by atoms with E-state index >= 15 is 0 Å². The number of pyridine rings is 1. The van der Waals surface area contributed by atoms with E-state index < -0.39 is 8.32 Å². The van der Waals surface area contributed by atoms with Crippen molar-refractivity contribution in [1.82, 2.24) is 15.2 Å². The summed E-state index contributed by atoms with van der Waals surface area (Å²) in [5.74, 6) is 0.0905. The fraction of sp³-hybridized carbons (Fsp3) is 0.441. The van der Waals surface area contributed by atoms with Gasteiger partial charge in [-0.15, -0.1) is 0 Å². The van der Waals surface area contributed by atoms with Gasteiger partial charge in [-0.1, -0.05) is 63.9 Å². The van der Waals surface area contributed by atoms with E-state index in [0.717, 1.165) is 70.1 Å². The van der Waals surface area contributed by atoms with Gasteiger partial charge in [-0.3, -0.25) is 9.78 Å². The minimum atomic E-state index is -1.98. The van der Waals surface area contributed by atoms with Gasteiger partial charge in [0.15, 0.2) is 8.32 Å².